The zero-order valence-corrected chi connectivity index (χ0v) is 10.8. The third kappa shape index (κ3) is 6.17. The topological polar surface area (TPSA) is 67.5 Å². The van der Waals surface area contributed by atoms with E-state index in [-0.39, 0.29) is 0 Å². The molecule has 1 rings (SSSR count). The van der Waals surface area contributed by atoms with Crippen LogP contribution in [0.15, 0.2) is 12.2 Å². The molecule has 4 heteroatoms. The monoisotopic (exact) mass is 242 g/mol. The zero-order chi connectivity index (χ0) is 12.5. The van der Waals surface area contributed by atoms with E-state index in [0.29, 0.717) is 31.5 Å². The Labute approximate surface area is 104 Å². The summed E-state index contributed by atoms with van der Waals surface area (Å²) in [7, 11) is 0. The Morgan fingerprint density at radius 3 is 2.94 bits per heavy atom. The van der Waals surface area contributed by atoms with Gasteiger partial charge in [-0.1, -0.05) is 19.1 Å². The molecule has 1 aliphatic carbocycles. The number of aliphatic hydroxyl groups excluding tert-OH is 1. The predicted molar refractivity (Wildman–Crippen MR) is 69.8 cm³/mol. The van der Waals surface area contributed by atoms with Gasteiger partial charge in [0.15, 0.2) is 0 Å². The first-order valence-electron chi connectivity index (χ1n) is 6.55. The van der Waals surface area contributed by atoms with Gasteiger partial charge in [0.2, 0.25) is 0 Å². The van der Waals surface area contributed by atoms with E-state index in [4.69, 9.17) is 10.5 Å². The highest BCUT2D eigenvalue weighted by Gasteiger charge is 2.18. The van der Waals surface area contributed by atoms with Gasteiger partial charge in [-0.25, -0.2) is 0 Å². The fourth-order valence-electron chi connectivity index (χ4n) is 2.02. The minimum Gasteiger partial charge on any atom is -0.389 e. The highest BCUT2D eigenvalue weighted by atomic mass is 16.5. The molecule has 4 nitrogen and oxygen atoms in total. The third-order valence-electron chi connectivity index (χ3n) is 3.26. The summed E-state index contributed by atoms with van der Waals surface area (Å²) in [6.45, 7) is 5.30. The number of allylic oxidation sites excluding steroid dienone is 2. The van der Waals surface area contributed by atoms with Crippen molar-refractivity contribution in [1.82, 2.24) is 5.32 Å². The Morgan fingerprint density at radius 1 is 1.47 bits per heavy atom. The number of aliphatic hydroxyl groups is 1. The largest absolute Gasteiger partial charge is 0.389 e. The van der Waals surface area contributed by atoms with Crippen LogP contribution in [0.3, 0.4) is 0 Å². The smallest absolute Gasteiger partial charge is 0.0897 e. The summed E-state index contributed by atoms with van der Waals surface area (Å²) >= 11 is 0. The summed E-state index contributed by atoms with van der Waals surface area (Å²) < 4.78 is 5.58. The average molecular weight is 242 g/mol. The summed E-state index contributed by atoms with van der Waals surface area (Å²) in [5.41, 5.74) is 5.35. The van der Waals surface area contributed by atoms with Gasteiger partial charge in [0.05, 0.1) is 19.3 Å². The van der Waals surface area contributed by atoms with Crippen molar-refractivity contribution in [2.45, 2.75) is 25.9 Å². The van der Waals surface area contributed by atoms with Crippen molar-refractivity contribution in [2.24, 2.45) is 17.6 Å². The van der Waals surface area contributed by atoms with Gasteiger partial charge in [0.25, 0.3) is 0 Å². The number of nitrogens with two attached hydrogens (primary N) is 1. The van der Waals surface area contributed by atoms with E-state index in [9.17, 15) is 5.11 Å². The molecule has 0 aromatic carbocycles. The maximum atomic E-state index is 9.63. The number of ether oxygens (including phenoxy) is 1. The van der Waals surface area contributed by atoms with Crippen LogP contribution in [0.5, 0.6) is 0 Å². The summed E-state index contributed by atoms with van der Waals surface area (Å²) in [5.74, 6) is 1.29. The van der Waals surface area contributed by atoms with Crippen LogP contribution in [0.25, 0.3) is 0 Å². The van der Waals surface area contributed by atoms with Gasteiger partial charge in [-0.15, -0.1) is 0 Å². The van der Waals surface area contributed by atoms with E-state index in [1.54, 1.807) is 0 Å². The summed E-state index contributed by atoms with van der Waals surface area (Å²) in [4.78, 5) is 0. The molecule has 0 spiro atoms. The molecule has 0 saturated heterocycles. The molecule has 0 aromatic rings. The van der Waals surface area contributed by atoms with Crippen LogP contribution in [-0.2, 0) is 4.74 Å². The van der Waals surface area contributed by atoms with Gasteiger partial charge in [0, 0.05) is 19.6 Å². The molecule has 0 radical (unpaired) electrons. The molecule has 0 bridgehead atoms. The lowest BCUT2D eigenvalue weighted by Crippen LogP contribution is -2.34. The van der Waals surface area contributed by atoms with Crippen molar-refractivity contribution in [3.8, 4) is 0 Å². The molecule has 4 N–H and O–H groups in total. The molecule has 0 heterocycles. The quantitative estimate of drug-likeness (QED) is 0.429. The molecule has 100 valence electrons. The van der Waals surface area contributed by atoms with Gasteiger partial charge in [0.1, 0.15) is 0 Å². The van der Waals surface area contributed by atoms with Gasteiger partial charge >= 0.3 is 0 Å². The second kappa shape index (κ2) is 8.64. The maximum Gasteiger partial charge on any atom is 0.0897 e. The van der Waals surface area contributed by atoms with Crippen LogP contribution < -0.4 is 11.1 Å². The highest BCUT2D eigenvalue weighted by molar-refractivity contribution is 4.93. The van der Waals surface area contributed by atoms with Crippen LogP contribution >= 0.6 is 0 Å². The second-order valence-corrected chi connectivity index (χ2v) is 4.86. The lowest BCUT2D eigenvalue weighted by Gasteiger charge is -2.25. The van der Waals surface area contributed by atoms with Crippen molar-refractivity contribution in [1.29, 1.82) is 0 Å². The lowest BCUT2D eigenvalue weighted by molar-refractivity contribution is 0.0130. The average Bonchev–Trinajstić information content (AvgIpc) is 2.32. The first kappa shape index (κ1) is 14.6. The van der Waals surface area contributed by atoms with Crippen LogP contribution in [0.4, 0.5) is 0 Å². The zero-order valence-electron chi connectivity index (χ0n) is 10.8. The Morgan fingerprint density at radius 2 is 2.24 bits per heavy atom. The SMILES string of the molecule is CC1CC=CCC1COCC(O)CNCCN. The van der Waals surface area contributed by atoms with Crippen molar-refractivity contribution in [3.63, 3.8) is 0 Å². The fraction of sp³-hybridized carbons (Fsp3) is 0.846. The van der Waals surface area contributed by atoms with E-state index in [1.165, 1.54) is 0 Å². The van der Waals surface area contributed by atoms with E-state index < -0.39 is 6.10 Å². The first-order chi connectivity index (χ1) is 8.24. The summed E-state index contributed by atoms with van der Waals surface area (Å²) in [5, 5.41) is 12.7. The molecule has 17 heavy (non-hydrogen) atoms. The van der Waals surface area contributed by atoms with E-state index in [2.05, 4.69) is 24.4 Å². The Hall–Kier alpha value is -0.420. The van der Waals surface area contributed by atoms with Crippen LogP contribution in [0.1, 0.15) is 19.8 Å². The predicted octanol–water partition coefficient (Wildman–Crippen LogP) is 0.515. The van der Waals surface area contributed by atoms with Crippen molar-refractivity contribution in [2.75, 3.05) is 32.8 Å². The number of hydrogen-bond acceptors (Lipinski definition) is 4. The minimum absolute atomic E-state index is 0.407. The van der Waals surface area contributed by atoms with E-state index >= 15 is 0 Å². The molecular formula is C13H26N2O2. The van der Waals surface area contributed by atoms with Gasteiger partial charge in [-0.05, 0) is 24.7 Å². The Kier molecular flexibility index (Phi) is 7.44. The fourth-order valence-corrected chi connectivity index (χ4v) is 2.02. The van der Waals surface area contributed by atoms with E-state index in [0.717, 1.165) is 26.0 Å². The molecule has 3 atom stereocenters. The number of rotatable bonds is 8. The van der Waals surface area contributed by atoms with E-state index in [1.807, 2.05) is 0 Å². The Balaban J connectivity index is 2.04. The van der Waals surface area contributed by atoms with Crippen molar-refractivity contribution >= 4 is 0 Å². The van der Waals surface area contributed by atoms with Gasteiger partial charge in [-0.3, -0.25) is 0 Å². The second-order valence-electron chi connectivity index (χ2n) is 4.86. The number of hydrogen-bond donors (Lipinski definition) is 3. The van der Waals surface area contributed by atoms with Gasteiger partial charge < -0.3 is 20.9 Å². The lowest BCUT2D eigenvalue weighted by atomic mass is 9.85. The molecule has 0 fully saturated rings. The van der Waals surface area contributed by atoms with Crippen molar-refractivity contribution in [3.05, 3.63) is 12.2 Å². The molecule has 0 saturated carbocycles. The first-order valence-corrected chi connectivity index (χ1v) is 6.55. The summed E-state index contributed by atoms with van der Waals surface area (Å²) in [6.07, 6.45) is 6.29. The minimum atomic E-state index is -0.434. The van der Waals surface area contributed by atoms with Crippen LogP contribution in [0.2, 0.25) is 0 Å². The molecule has 3 unspecified atom stereocenters. The normalized spacial score (nSPS) is 26.1. The molecule has 0 aliphatic heterocycles. The summed E-state index contributed by atoms with van der Waals surface area (Å²) in [6, 6.07) is 0. The molecular weight excluding hydrogens is 216 g/mol. The van der Waals surface area contributed by atoms with Crippen LogP contribution in [0, 0.1) is 11.8 Å². The van der Waals surface area contributed by atoms with Crippen molar-refractivity contribution < 1.29 is 9.84 Å². The van der Waals surface area contributed by atoms with Gasteiger partial charge in [-0.2, -0.15) is 0 Å². The Bertz CT molecular complexity index is 221. The van der Waals surface area contributed by atoms with Crippen LogP contribution in [-0.4, -0.2) is 44.1 Å². The molecule has 0 amide bonds. The maximum absolute atomic E-state index is 9.63. The third-order valence-corrected chi connectivity index (χ3v) is 3.26. The highest BCUT2D eigenvalue weighted by Crippen LogP contribution is 2.24. The molecule has 0 aromatic heterocycles. The number of nitrogens with one attached hydrogen (secondary N) is 1. The molecule has 1 aliphatic rings. The standard InChI is InChI=1S/C13H26N2O2/c1-11-4-2-3-5-12(11)9-17-10-13(16)8-15-7-6-14/h2-3,11-13,15-16H,4-10,14H2,1H3.